The van der Waals surface area contributed by atoms with E-state index in [4.69, 9.17) is 27.5 Å². The van der Waals surface area contributed by atoms with Crippen LogP contribution in [0.5, 0.6) is 5.75 Å². The molecule has 0 fully saturated rings. The molecule has 2 aromatic carbocycles. The summed E-state index contributed by atoms with van der Waals surface area (Å²) in [6, 6.07) is 9.48. The number of aryl methyl sites for hydroxylation is 2. The van der Waals surface area contributed by atoms with Crippen molar-refractivity contribution in [3.63, 3.8) is 0 Å². The number of hydrogen-bond acceptors (Lipinski definition) is 2. The Kier molecular flexibility index (Phi) is 4.53. The van der Waals surface area contributed by atoms with Crippen LogP contribution < -0.4 is 10.5 Å². The highest BCUT2D eigenvalue weighted by molar-refractivity contribution is 6.31. The summed E-state index contributed by atoms with van der Waals surface area (Å²) < 4.78 is 5.90. The SMILES string of the molecule is Cc1cc(C)c(C)c(OCc2ccc(C(=N)N)cc2Cl)c1. The molecule has 3 nitrogen and oxygen atoms in total. The zero-order valence-electron chi connectivity index (χ0n) is 12.5. The Labute approximate surface area is 130 Å². The molecule has 0 spiro atoms. The molecule has 0 aliphatic rings. The summed E-state index contributed by atoms with van der Waals surface area (Å²) in [6.45, 7) is 6.56. The van der Waals surface area contributed by atoms with Crippen LogP contribution in [0.3, 0.4) is 0 Å². The summed E-state index contributed by atoms with van der Waals surface area (Å²) in [5, 5.41) is 7.96. The van der Waals surface area contributed by atoms with Crippen molar-refractivity contribution in [2.24, 2.45) is 5.73 Å². The molecular weight excluding hydrogens is 284 g/mol. The summed E-state index contributed by atoms with van der Waals surface area (Å²) in [4.78, 5) is 0. The van der Waals surface area contributed by atoms with Crippen LogP contribution >= 0.6 is 11.6 Å². The van der Waals surface area contributed by atoms with Gasteiger partial charge in [-0.2, -0.15) is 0 Å². The van der Waals surface area contributed by atoms with Crippen molar-refractivity contribution >= 4 is 17.4 Å². The predicted octanol–water partition coefficient (Wildman–Crippen LogP) is 4.13. The first-order chi connectivity index (χ1) is 9.88. The van der Waals surface area contributed by atoms with Gasteiger partial charge in [0, 0.05) is 16.1 Å². The summed E-state index contributed by atoms with van der Waals surface area (Å²) >= 11 is 6.21. The monoisotopic (exact) mass is 302 g/mol. The van der Waals surface area contributed by atoms with E-state index in [1.807, 2.05) is 26.0 Å². The van der Waals surface area contributed by atoms with Gasteiger partial charge in [-0.25, -0.2) is 0 Å². The average molecular weight is 303 g/mol. The van der Waals surface area contributed by atoms with E-state index in [1.165, 1.54) is 11.1 Å². The maximum Gasteiger partial charge on any atom is 0.123 e. The predicted molar refractivity (Wildman–Crippen MR) is 87.5 cm³/mol. The third kappa shape index (κ3) is 3.56. The van der Waals surface area contributed by atoms with Crippen LogP contribution in [0.2, 0.25) is 5.02 Å². The Morgan fingerprint density at radius 3 is 2.52 bits per heavy atom. The molecule has 2 rings (SSSR count). The molecule has 0 saturated carbocycles. The normalized spacial score (nSPS) is 10.5. The first-order valence-corrected chi connectivity index (χ1v) is 7.09. The van der Waals surface area contributed by atoms with Crippen LogP contribution in [-0.2, 0) is 6.61 Å². The van der Waals surface area contributed by atoms with Crippen molar-refractivity contribution < 1.29 is 4.74 Å². The quantitative estimate of drug-likeness (QED) is 0.659. The van der Waals surface area contributed by atoms with Gasteiger partial charge in [-0.15, -0.1) is 0 Å². The second-order valence-electron chi connectivity index (χ2n) is 5.21. The number of hydrogen-bond donors (Lipinski definition) is 2. The third-order valence-corrected chi connectivity index (χ3v) is 3.86. The van der Waals surface area contributed by atoms with Gasteiger partial charge in [-0.1, -0.05) is 29.8 Å². The van der Waals surface area contributed by atoms with Gasteiger partial charge in [-0.3, -0.25) is 5.41 Å². The first kappa shape index (κ1) is 15.4. The Morgan fingerprint density at radius 1 is 1.19 bits per heavy atom. The Hall–Kier alpha value is -2.00. The fraction of sp³-hybridized carbons (Fsp3) is 0.235. The van der Waals surface area contributed by atoms with Gasteiger partial charge < -0.3 is 10.5 Å². The molecule has 0 aromatic heterocycles. The summed E-state index contributed by atoms with van der Waals surface area (Å²) in [5.74, 6) is 0.883. The maximum atomic E-state index is 7.40. The van der Waals surface area contributed by atoms with E-state index in [2.05, 4.69) is 13.0 Å². The number of nitrogen functional groups attached to an aromatic ring is 1. The largest absolute Gasteiger partial charge is 0.489 e. The lowest BCUT2D eigenvalue weighted by Crippen LogP contribution is -2.11. The van der Waals surface area contributed by atoms with E-state index in [-0.39, 0.29) is 5.84 Å². The van der Waals surface area contributed by atoms with Gasteiger partial charge in [-0.05, 0) is 49.6 Å². The fourth-order valence-corrected chi connectivity index (χ4v) is 2.37. The van der Waals surface area contributed by atoms with Crippen molar-refractivity contribution in [3.05, 3.63) is 63.2 Å². The third-order valence-electron chi connectivity index (χ3n) is 3.51. The number of nitrogens with one attached hydrogen (secondary N) is 1. The zero-order valence-corrected chi connectivity index (χ0v) is 13.2. The lowest BCUT2D eigenvalue weighted by atomic mass is 10.1. The number of halogens is 1. The van der Waals surface area contributed by atoms with Crippen LogP contribution in [0.4, 0.5) is 0 Å². The van der Waals surface area contributed by atoms with Gasteiger partial charge in [0.15, 0.2) is 0 Å². The molecule has 0 unspecified atom stereocenters. The summed E-state index contributed by atoms with van der Waals surface area (Å²) in [5.41, 5.74) is 10.5. The molecule has 110 valence electrons. The molecular formula is C17H19ClN2O. The molecule has 0 atom stereocenters. The maximum absolute atomic E-state index is 7.40. The minimum absolute atomic E-state index is 0.00882. The van der Waals surface area contributed by atoms with Crippen molar-refractivity contribution in [1.82, 2.24) is 0 Å². The smallest absolute Gasteiger partial charge is 0.123 e. The number of ether oxygens (including phenoxy) is 1. The Morgan fingerprint density at radius 2 is 1.90 bits per heavy atom. The van der Waals surface area contributed by atoms with E-state index in [9.17, 15) is 0 Å². The van der Waals surface area contributed by atoms with E-state index >= 15 is 0 Å². The molecule has 0 bridgehead atoms. The van der Waals surface area contributed by atoms with E-state index in [0.717, 1.165) is 16.9 Å². The first-order valence-electron chi connectivity index (χ1n) is 6.72. The van der Waals surface area contributed by atoms with Gasteiger partial charge in [0.1, 0.15) is 18.2 Å². The topological polar surface area (TPSA) is 59.1 Å². The minimum Gasteiger partial charge on any atom is -0.489 e. The van der Waals surface area contributed by atoms with Crippen molar-refractivity contribution in [2.75, 3.05) is 0 Å². The van der Waals surface area contributed by atoms with E-state index in [1.54, 1.807) is 12.1 Å². The van der Waals surface area contributed by atoms with E-state index < -0.39 is 0 Å². The van der Waals surface area contributed by atoms with Crippen LogP contribution in [0, 0.1) is 26.2 Å². The average Bonchev–Trinajstić information content (AvgIpc) is 2.42. The standard InChI is InChI=1S/C17H19ClN2O/c1-10-6-11(2)12(3)16(7-10)21-9-14-5-4-13(17(19)20)8-15(14)18/h4-8H,9H2,1-3H3,(H3,19,20). The summed E-state index contributed by atoms with van der Waals surface area (Å²) in [7, 11) is 0. The molecule has 0 heterocycles. The highest BCUT2D eigenvalue weighted by Gasteiger charge is 2.07. The van der Waals surface area contributed by atoms with Crippen molar-refractivity contribution in [1.29, 1.82) is 5.41 Å². The highest BCUT2D eigenvalue weighted by atomic mass is 35.5. The molecule has 0 radical (unpaired) electrons. The number of amidine groups is 1. The molecule has 3 N–H and O–H groups in total. The molecule has 0 saturated heterocycles. The van der Waals surface area contributed by atoms with Crippen LogP contribution in [-0.4, -0.2) is 5.84 Å². The van der Waals surface area contributed by atoms with Gasteiger partial charge >= 0.3 is 0 Å². The molecule has 0 aliphatic heterocycles. The van der Waals surface area contributed by atoms with Gasteiger partial charge in [0.05, 0.1) is 0 Å². The molecule has 21 heavy (non-hydrogen) atoms. The van der Waals surface area contributed by atoms with Crippen LogP contribution in [0.25, 0.3) is 0 Å². The van der Waals surface area contributed by atoms with Gasteiger partial charge in [0.25, 0.3) is 0 Å². The minimum atomic E-state index is 0.00882. The van der Waals surface area contributed by atoms with Crippen molar-refractivity contribution in [2.45, 2.75) is 27.4 Å². The summed E-state index contributed by atoms with van der Waals surface area (Å²) in [6.07, 6.45) is 0. The lowest BCUT2D eigenvalue weighted by Gasteiger charge is -2.13. The van der Waals surface area contributed by atoms with Crippen LogP contribution in [0.15, 0.2) is 30.3 Å². The lowest BCUT2D eigenvalue weighted by molar-refractivity contribution is 0.303. The number of nitrogens with two attached hydrogens (primary N) is 1. The second kappa shape index (κ2) is 6.19. The molecule has 0 amide bonds. The Balaban J connectivity index is 2.19. The Bertz CT molecular complexity index is 695. The second-order valence-corrected chi connectivity index (χ2v) is 5.62. The highest BCUT2D eigenvalue weighted by Crippen LogP contribution is 2.26. The van der Waals surface area contributed by atoms with Gasteiger partial charge in [0.2, 0.25) is 0 Å². The zero-order chi connectivity index (χ0) is 15.6. The van der Waals surface area contributed by atoms with Crippen molar-refractivity contribution in [3.8, 4) is 5.75 Å². The number of rotatable bonds is 4. The van der Waals surface area contributed by atoms with E-state index in [0.29, 0.717) is 17.2 Å². The van der Waals surface area contributed by atoms with Crippen LogP contribution in [0.1, 0.15) is 27.8 Å². The number of benzene rings is 2. The molecule has 4 heteroatoms. The fourth-order valence-electron chi connectivity index (χ4n) is 2.14. The molecule has 0 aliphatic carbocycles. The molecule has 2 aromatic rings.